The molecule has 0 saturated carbocycles. The van der Waals surface area contributed by atoms with Gasteiger partial charge in [0.05, 0.1) is 11.0 Å². The lowest BCUT2D eigenvalue weighted by molar-refractivity contribution is 0.623. The molecule has 11 aromatic rings. The number of aromatic nitrogens is 5. The minimum absolute atomic E-state index is 0.585. The highest BCUT2D eigenvalue weighted by Gasteiger charge is 2.20. The number of hydrogen-bond acceptors (Lipinski definition) is 5. The molecule has 0 radical (unpaired) electrons. The predicted octanol–water partition coefficient (Wildman–Crippen LogP) is 12.6. The van der Waals surface area contributed by atoms with E-state index in [2.05, 4.69) is 132 Å². The van der Waals surface area contributed by atoms with Crippen molar-refractivity contribution in [2.24, 2.45) is 0 Å². The molecule has 0 amide bonds. The number of oxazole rings is 1. The zero-order valence-corrected chi connectivity index (χ0v) is 30.0. The maximum absolute atomic E-state index is 6.76. The standard InChI is InChI=1S/C50H31N5O/c1-4-13-34(14-5-1)47-52-48(35-15-6-2-7-16-35)54-49(53-47)36-25-23-32(24-26-36)37-17-12-18-38(31-37)50-51-41-29-27-33-28-30-43-45(44(33)46(41)56-50)40-21-10-11-22-42(40)55(43)39-19-8-3-9-20-39/h1-31H. The molecule has 6 nitrogen and oxygen atoms in total. The van der Waals surface area contributed by atoms with Crippen LogP contribution in [0.4, 0.5) is 0 Å². The number of para-hydroxylation sites is 2. The van der Waals surface area contributed by atoms with Gasteiger partial charge in [-0.1, -0.05) is 146 Å². The fourth-order valence-corrected chi connectivity index (χ4v) is 7.81. The van der Waals surface area contributed by atoms with Crippen LogP contribution in [0, 0.1) is 0 Å². The summed E-state index contributed by atoms with van der Waals surface area (Å²) in [5, 5.41) is 4.52. The summed E-state index contributed by atoms with van der Waals surface area (Å²) in [6, 6.07) is 64.5. The Morgan fingerprint density at radius 1 is 0.375 bits per heavy atom. The molecule has 3 heterocycles. The summed E-state index contributed by atoms with van der Waals surface area (Å²) in [6.07, 6.45) is 0. The van der Waals surface area contributed by atoms with Crippen LogP contribution in [-0.4, -0.2) is 24.5 Å². The number of nitrogens with zero attached hydrogens (tertiary/aromatic N) is 5. The first-order valence-electron chi connectivity index (χ1n) is 18.6. The number of benzene rings is 8. The Morgan fingerprint density at radius 2 is 0.929 bits per heavy atom. The van der Waals surface area contributed by atoms with Crippen molar-refractivity contribution in [2.45, 2.75) is 0 Å². The Labute approximate surface area is 322 Å². The fraction of sp³-hybridized carbons (Fsp3) is 0. The molecule has 0 aliphatic rings. The average Bonchev–Trinajstić information content (AvgIpc) is 3.87. The van der Waals surface area contributed by atoms with Crippen molar-refractivity contribution in [1.29, 1.82) is 0 Å². The van der Waals surface area contributed by atoms with Crippen molar-refractivity contribution in [2.75, 3.05) is 0 Å². The van der Waals surface area contributed by atoms with Crippen LogP contribution in [-0.2, 0) is 0 Å². The quantitative estimate of drug-likeness (QED) is 0.171. The Hall–Kier alpha value is -7.70. The van der Waals surface area contributed by atoms with Gasteiger partial charge in [0, 0.05) is 44.1 Å². The molecule has 0 fully saturated rings. The summed E-state index contributed by atoms with van der Waals surface area (Å²) < 4.78 is 9.09. The van der Waals surface area contributed by atoms with Gasteiger partial charge >= 0.3 is 0 Å². The van der Waals surface area contributed by atoms with Crippen LogP contribution < -0.4 is 0 Å². The second-order valence-corrected chi connectivity index (χ2v) is 13.9. The largest absolute Gasteiger partial charge is 0.435 e. The molecule has 3 aromatic heterocycles. The molecule has 8 aromatic carbocycles. The third-order valence-corrected chi connectivity index (χ3v) is 10.5. The van der Waals surface area contributed by atoms with E-state index in [0.717, 1.165) is 77.4 Å². The zero-order chi connectivity index (χ0) is 37.0. The van der Waals surface area contributed by atoms with E-state index in [4.69, 9.17) is 24.4 Å². The lowest BCUT2D eigenvalue weighted by Gasteiger charge is -2.09. The predicted molar refractivity (Wildman–Crippen MR) is 226 cm³/mol. The van der Waals surface area contributed by atoms with E-state index in [1.807, 2.05) is 60.7 Å². The molecule has 0 bridgehead atoms. The van der Waals surface area contributed by atoms with Gasteiger partial charge in [-0.25, -0.2) is 19.9 Å². The van der Waals surface area contributed by atoms with Crippen molar-refractivity contribution in [3.8, 4) is 62.4 Å². The van der Waals surface area contributed by atoms with Gasteiger partial charge in [0.2, 0.25) is 5.89 Å². The molecule has 262 valence electrons. The molecular formula is C50H31N5O. The molecule has 0 spiro atoms. The second-order valence-electron chi connectivity index (χ2n) is 13.9. The fourth-order valence-electron chi connectivity index (χ4n) is 7.81. The molecule has 6 heteroatoms. The zero-order valence-electron chi connectivity index (χ0n) is 30.0. The van der Waals surface area contributed by atoms with Crippen molar-refractivity contribution >= 4 is 43.7 Å². The van der Waals surface area contributed by atoms with Gasteiger partial charge in [0.1, 0.15) is 5.52 Å². The van der Waals surface area contributed by atoms with Gasteiger partial charge in [0.15, 0.2) is 23.1 Å². The van der Waals surface area contributed by atoms with Crippen LogP contribution in [0.15, 0.2) is 192 Å². The SMILES string of the molecule is c1ccc(-c2nc(-c3ccccc3)nc(-c3ccc(-c4cccc(-c5nc6ccc7ccc8c(c9ccccc9n8-c8ccccc8)c7c6o5)c4)cc3)n2)cc1. The first-order valence-corrected chi connectivity index (χ1v) is 18.6. The van der Waals surface area contributed by atoms with Crippen LogP contribution in [0.3, 0.4) is 0 Å². The van der Waals surface area contributed by atoms with E-state index < -0.39 is 0 Å². The smallest absolute Gasteiger partial charge is 0.227 e. The molecule has 0 N–H and O–H groups in total. The van der Waals surface area contributed by atoms with Gasteiger partial charge < -0.3 is 8.98 Å². The van der Waals surface area contributed by atoms with Crippen molar-refractivity contribution in [1.82, 2.24) is 24.5 Å². The molecule has 56 heavy (non-hydrogen) atoms. The maximum atomic E-state index is 6.76. The van der Waals surface area contributed by atoms with E-state index in [1.165, 1.54) is 5.39 Å². The molecule has 0 unspecified atom stereocenters. The number of fused-ring (bicyclic) bond motifs is 7. The minimum Gasteiger partial charge on any atom is -0.435 e. The van der Waals surface area contributed by atoms with Crippen LogP contribution in [0.1, 0.15) is 0 Å². The normalized spacial score (nSPS) is 11.6. The third kappa shape index (κ3) is 5.35. The Balaban J connectivity index is 0.985. The van der Waals surface area contributed by atoms with Crippen molar-refractivity contribution in [3.05, 3.63) is 188 Å². The summed E-state index contributed by atoms with van der Waals surface area (Å²) in [5.74, 6) is 2.49. The highest BCUT2D eigenvalue weighted by molar-refractivity contribution is 6.27. The lowest BCUT2D eigenvalue weighted by Crippen LogP contribution is -2.00. The number of rotatable bonds is 6. The summed E-state index contributed by atoms with van der Waals surface area (Å²) in [6.45, 7) is 0. The van der Waals surface area contributed by atoms with Crippen molar-refractivity contribution < 1.29 is 4.42 Å². The van der Waals surface area contributed by atoms with Gasteiger partial charge in [-0.2, -0.15) is 0 Å². The molecule has 0 saturated heterocycles. The van der Waals surface area contributed by atoms with E-state index in [0.29, 0.717) is 23.4 Å². The van der Waals surface area contributed by atoms with Crippen LogP contribution in [0.5, 0.6) is 0 Å². The van der Waals surface area contributed by atoms with Gasteiger partial charge in [-0.15, -0.1) is 0 Å². The Kier molecular flexibility index (Phi) is 7.38. The minimum atomic E-state index is 0.585. The maximum Gasteiger partial charge on any atom is 0.227 e. The summed E-state index contributed by atoms with van der Waals surface area (Å²) >= 11 is 0. The first-order chi connectivity index (χ1) is 27.7. The summed E-state index contributed by atoms with van der Waals surface area (Å²) in [5.41, 5.74) is 10.8. The first kappa shape index (κ1) is 31.8. The van der Waals surface area contributed by atoms with Crippen molar-refractivity contribution in [3.63, 3.8) is 0 Å². The van der Waals surface area contributed by atoms with Gasteiger partial charge in [-0.05, 0) is 59.0 Å². The molecule has 11 rings (SSSR count). The molecule has 0 aliphatic carbocycles. The molecular weight excluding hydrogens is 687 g/mol. The number of hydrogen-bond donors (Lipinski definition) is 0. The summed E-state index contributed by atoms with van der Waals surface area (Å²) in [4.78, 5) is 19.7. The topological polar surface area (TPSA) is 69.6 Å². The molecule has 0 atom stereocenters. The molecule has 0 aliphatic heterocycles. The van der Waals surface area contributed by atoms with Gasteiger partial charge in [-0.3, -0.25) is 0 Å². The van der Waals surface area contributed by atoms with E-state index in [-0.39, 0.29) is 0 Å². The average molecular weight is 718 g/mol. The van der Waals surface area contributed by atoms with Gasteiger partial charge in [0.25, 0.3) is 0 Å². The van der Waals surface area contributed by atoms with E-state index >= 15 is 0 Å². The second kappa shape index (κ2) is 13.0. The van der Waals surface area contributed by atoms with E-state index in [9.17, 15) is 0 Å². The lowest BCUT2D eigenvalue weighted by atomic mass is 10.0. The third-order valence-electron chi connectivity index (χ3n) is 10.5. The van der Waals surface area contributed by atoms with E-state index in [1.54, 1.807) is 0 Å². The van der Waals surface area contributed by atoms with Crippen LogP contribution >= 0.6 is 0 Å². The highest BCUT2D eigenvalue weighted by Crippen LogP contribution is 2.41. The monoisotopic (exact) mass is 717 g/mol. The van der Waals surface area contributed by atoms with Crippen LogP contribution in [0.2, 0.25) is 0 Å². The Bertz CT molecular complexity index is 3170. The highest BCUT2D eigenvalue weighted by atomic mass is 16.3. The summed E-state index contributed by atoms with van der Waals surface area (Å²) in [7, 11) is 0. The van der Waals surface area contributed by atoms with Crippen LogP contribution in [0.25, 0.3) is 106 Å². The Morgan fingerprint density at radius 3 is 1.62 bits per heavy atom.